The molecular formula is C21H20ClF6N3O. The van der Waals surface area contributed by atoms with Crippen LogP contribution in [0.4, 0.5) is 32.0 Å². The quantitative estimate of drug-likeness (QED) is 0.617. The Morgan fingerprint density at radius 1 is 1.03 bits per heavy atom. The molecule has 0 spiro atoms. The van der Waals surface area contributed by atoms with E-state index in [0.29, 0.717) is 23.9 Å². The first kappa shape index (κ1) is 24.2. The molecule has 1 aliphatic rings. The Bertz CT molecular complexity index is 1010. The number of amides is 1. The predicted molar refractivity (Wildman–Crippen MR) is 109 cm³/mol. The zero-order chi connectivity index (χ0) is 23.8. The lowest BCUT2D eigenvalue weighted by molar-refractivity contribution is -0.138. The van der Waals surface area contributed by atoms with E-state index in [1.54, 1.807) is 6.92 Å². The smallest absolute Gasteiger partial charge is 0.365 e. The summed E-state index contributed by atoms with van der Waals surface area (Å²) in [5.74, 6) is -0.512. The van der Waals surface area contributed by atoms with Crippen LogP contribution in [0, 0.1) is 0 Å². The normalized spacial score (nSPS) is 17.6. The van der Waals surface area contributed by atoms with Crippen molar-refractivity contribution >= 4 is 23.2 Å². The molecule has 0 aliphatic carbocycles. The summed E-state index contributed by atoms with van der Waals surface area (Å²) >= 11 is 5.94. The van der Waals surface area contributed by atoms with Crippen molar-refractivity contribution in [2.45, 2.75) is 31.9 Å². The third kappa shape index (κ3) is 4.96. The van der Waals surface area contributed by atoms with E-state index in [-0.39, 0.29) is 36.3 Å². The molecule has 11 heteroatoms. The van der Waals surface area contributed by atoms with Gasteiger partial charge in [0.15, 0.2) is 0 Å². The maximum atomic E-state index is 13.0. The third-order valence-electron chi connectivity index (χ3n) is 5.38. The van der Waals surface area contributed by atoms with Crippen LogP contribution in [0.15, 0.2) is 36.4 Å². The summed E-state index contributed by atoms with van der Waals surface area (Å²) in [6.07, 6.45) is -9.06. The van der Waals surface area contributed by atoms with Crippen LogP contribution in [0.25, 0.3) is 0 Å². The molecule has 1 amide bonds. The molecule has 3 rings (SSSR count). The second kappa shape index (κ2) is 8.82. The summed E-state index contributed by atoms with van der Waals surface area (Å²) in [6.45, 7) is 2.44. The number of nitrogens with two attached hydrogens (primary N) is 1. The number of hydrogen-bond donors (Lipinski definition) is 1. The van der Waals surface area contributed by atoms with E-state index >= 15 is 0 Å². The molecule has 32 heavy (non-hydrogen) atoms. The fourth-order valence-corrected chi connectivity index (χ4v) is 4.00. The molecule has 4 nitrogen and oxygen atoms in total. The van der Waals surface area contributed by atoms with E-state index in [9.17, 15) is 31.1 Å². The van der Waals surface area contributed by atoms with E-state index in [2.05, 4.69) is 0 Å². The first-order valence-corrected chi connectivity index (χ1v) is 10.0. The van der Waals surface area contributed by atoms with Crippen molar-refractivity contribution in [1.82, 2.24) is 4.90 Å². The zero-order valence-corrected chi connectivity index (χ0v) is 17.7. The van der Waals surface area contributed by atoms with Crippen molar-refractivity contribution in [3.63, 3.8) is 0 Å². The Morgan fingerprint density at radius 2 is 1.62 bits per heavy atom. The van der Waals surface area contributed by atoms with Crippen molar-refractivity contribution in [1.29, 1.82) is 0 Å². The Balaban J connectivity index is 1.78. The number of benzene rings is 2. The molecule has 174 valence electrons. The summed E-state index contributed by atoms with van der Waals surface area (Å²) in [5, 5.41) is -0.298. The Labute approximate surface area is 185 Å². The molecule has 0 aromatic heterocycles. The first-order chi connectivity index (χ1) is 14.8. The second-order valence-electron chi connectivity index (χ2n) is 7.53. The van der Waals surface area contributed by atoms with Gasteiger partial charge in [-0.15, -0.1) is 0 Å². The fraction of sp³-hybridized carbons (Fsp3) is 0.381. The molecule has 0 saturated carbocycles. The summed E-state index contributed by atoms with van der Waals surface area (Å²) < 4.78 is 77.5. The number of hydrogen-bond acceptors (Lipinski definition) is 3. The third-order valence-corrected chi connectivity index (χ3v) is 5.69. The van der Waals surface area contributed by atoms with Gasteiger partial charge < -0.3 is 15.5 Å². The number of nitrogens with zero attached hydrogens (tertiary/aromatic N) is 2. The minimum absolute atomic E-state index is 0.0440. The average Bonchev–Trinajstić information content (AvgIpc) is 2.71. The van der Waals surface area contributed by atoms with Crippen molar-refractivity contribution in [2.75, 3.05) is 24.5 Å². The van der Waals surface area contributed by atoms with Crippen LogP contribution in [0.1, 0.15) is 34.0 Å². The monoisotopic (exact) mass is 479 g/mol. The highest BCUT2D eigenvalue weighted by Crippen LogP contribution is 2.35. The van der Waals surface area contributed by atoms with Gasteiger partial charge in [0, 0.05) is 37.9 Å². The van der Waals surface area contributed by atoms with Crippen molar-refractivity contribution in [3.05, 3.63) is 63.7 Å². The second-order valence-corrected chi connectivity index (χ2v) is 7.94. The largest absolute Gasteiger partial charge is 0.416 e. The molecule has 1 saturated heterocycles. The van der Waals surface area contributed by atoms with Gasteiger partial charge in [-0.05, 0) is 48.9 Å². The molecule has 2 N–H and O–H groups in total. The standard InChI is InChI=1S/C21H20ClF6N3O/c1-12-11-30(19(32)16-4-2-15(9-17(16)22)21(26,27)28)6-7-31(12)18-5-3-14(20(23,24)25)8-13(18)10-29/h2-5,8-9,12H,6-7,10-11,29H2,1H3/t12-/m0/s1. The molecule has 2 aromatic carbocycles. The van der Waals surface area contributed by atoms with Crippen molar-refractivity contribution in [3.8, 4) is 0 Å². The number of carbonyl (C=O) groups is 1. The highest BCUT2D eigenvalue weighted by atomic mass is 35.5. The zero-order valence-electron chi connectivity index (χ0n) is 16.9. The van der Waals surface area contributed by atoms with E-state index in [4.69, 9.17) is 17.3 Å². The van der Waals surface area contributed by atoms with Gasteiger partial charge in [-0.25, -0.2) is 0 Å². The number of alkyl halides is 6. The lowest BCUT2D eigenvalue weighted by Gasteiger charge is -2.42. The molecule has 0 bridgehead atoms. The minimum Gasteiger partial charge on any atom is -0.365 e. The van der Waals surface area contributed by atoms with Gasteiger partial charge in [0.05, 0.1) is 21.7 Å². The van der Waals surface area contributed by atoms with Gasteiger partial charge in [0.1, 0.15) is 0 Å². The molecule has 0 unspecified atom stereocenters. The van der Waals surface area contributed by atoms with E-state index in [1.165, 1.54) is 11.0 Å². The number of piperazine rings is 1. The van der Waals surface area contributed by atoms with E-state index < -0.39 is 29.4 Å². The van der Waals surface area contributed by atoms with E-state index in [0.717, 1.165) is 24.3 Å². The fourth-order valence-electron chi connectivity index (χ4n) is 3.74. The van der Waals surface area contributed by atoms with Crippen LogP contribution in [0.2, 0.25) is 5.02 Å². The molecule has 1 atom stereocenters. The Kier molecular flexibility index (Phi) is 6.67. The Hall–Kier alpha value is -2.46. The summed E-state index contributed by atoms with van der Waals surface area (Å²) in [4.78, 5) is 16.2. The van der Waals surface area contributed by atoms with Gasteiger partial charge in [0.2, 0.25) is 0 Å². The molecule has 1 aliphatic heterocycles. The van der Waals surface area contributed by atoms with Gasteiger partial charge in [-0.2, -0.15) is 26.3 Å². The van der Waals surface area contributed by atoms with Gasteiger partial charge >= 0.3 is 12.4 Å². The summed E-state index contributed by atoms with van der Waals surface area (Å²) in [6, 6.07) is 5.66. The number of anilines is 1. The van der Waals surface area contributed by atoms with E-state index in [1.807, 2.05) is 4.90 Å². The lowest BCUT2D eigenvalue weighted by atomic mass is 10.0. The first-order valence-electron chi connectivity index (χ1n) is 9.65. The summed E-state index contributed by atoms with van der Waals surface area (Å²) in [7, 11) is 0. The van der Waals surface area contributed by atoms with Crippen LogP contribution in [0.3, 0.4) is 0 Å². The van der Waals surface area contributed by atoms with Crippen LogP contribution in [0.5, 0.6) is 0 Å². The number of halogens is 7. The molecule has 0 radical (unpaired) electrons. The van der Waals surface area contributed by atoms with Crippen LogP contribution < -0.4 is 10.6 Å². The highest BCUT2D eigenvalue weighted by Gasteiger charge is 2.34. The molecule has 1 fully saturated rings. The Morgan fingerprint density at radius 3 is 2.16 bits per heavy atom. The number of rotatable bonds is 3. The maximum absolute atomic E-state index is 13.0. The number of carbonyl (C=O) groups excluding carboxylic acids is 1. The highest BCUT2D eigenvalue weighted by molar-refractivity contribution is 6.33. The minimum atomic E-state index is -4.58. The average molecular weight is 480 g/mol. The molecule has 2 aromatic rings. The van der Waals surface area contributed by atoms with Crippen molar-refractivity contribution in [2.24, 2.45) is 5.73 Å². The van der Waals surface area contributed by atoms with Crippen LogP contribution >= 0.6 is 11.6 Å². The van der Waals surface area contributed by atoms with Gasteiger partial charge in [-0.1, -0.05) is 11.6 Å². The van der Waals surface area contributed by atoms with Gasteiger partial charge in [0.25, 0.3) is 5.91 Å². The predicted octanol–water partition coefficient (Wildman–Crippen LogP) is 5.19. The molecular weight excluding hydrogens is 460 g/mol. The topological polar surface area (TPSA) is 49.6 Å². The van der Waals surface area contributed by atoms with Crippen LogP contribution in [-0.2, 0) is 18.9 Å². The van der Waals surface area contributed by atoms with Crippen molar-refractivity contribution < 1.29 is 31.1 Å². The van der Waals surface area contributed by atoms with Gasteiger partial charge in [-0.3, -0.25) is 4.79 Å². The SMILES string of the molecule is C[C@H]1CN(C(=O)c2ccc(C(F)(F)F)cc2Cl)CCN1c1ccc(C(F)(F)F)cc1CN. The maximum Gasteiger partial charge on any atom is 0.416 e. The summed E-state index contributed by atoms with van der Waals surface area (Å²) in [5.41, 5.74) is 4.77. The molecule has 1 heterocycles. The lowest BCUT2D eigenvalue weighted by Crippen LogP contribution is -2.54. The van der Waals surface area contributed by atoms with Crippen LogP contribution in [-0.4, -0.2) is 36.5 Å².